The van der Waals surface area contributed by atoms with Gasteiger partial charge in [0.05, 0.1) is 21.3 Å². The Morgan fingerprint density at radius 2 is 1.81 bits per heavy atom. The molecule has 152 valence electrons. The molecule has 0 amide bonds. The molecule has 1 heterocycles. The fraction of sp³-hybridized carbons (Fsp3) is 0.579. The molecule has 0 saturated heterocycles. The van der Waals surface area contributed by atoms with Crippen molar-refractivity contribution in [1.29, 1.82) is 0 Å². The summed E-state index contributed by atoms with van der Waals surface area (Å²) in [5, 5.41) is 3.38. The predicted octanol–water partition coefficient (Wildman–Crippen LogP) is 2.60. The van der Waals surface area contributed by atoms with E-state index in [1.807, 2.05) is 6.07 Å². The Morgan fingerprint density at radius 1 is 1.15 bits per heavy atom. The first kappa shape index (κ1) is 23.3. The fourth-order valence-corrected chi connectivity index (χ4v) is 3.09. The van der Waals surface area contributed by atoms with Crippen LogP contribution in [0.4, 0.5) is 0 Å². The first-order valence-electron chi connectivity index (χ1n) is 8.89. The number of benzene rings is 1. The molecule has 1 aliphatic heterocycles. The van der Waals surface area contributed by atoms with Crippen LogP contribution in [-0.4, -0.2) is 58.3 Å². The number of ether oxygens (including phenoxy) is 3. The molecule has 0 aromatic heterocycles. The quantitative estimate of drug-likeness (QED) is 0.208. The summed E-state index contributed by atoms with van der Waals surface area (Å²) in [5.74, 6) is 2.24. The minimum Gasteiger partial charge on any atom is -0.493 e. The lowest BCUT2D eigenvalue weighted by atomic mass is 9.99. The summed E-state index contributed by atoms with van der Waals surface area (Å²) in [6, 6.07) is 4.11. The average Bonchev–Trinajstić information content (AvgIpc) is 2.68. The Labute approximate surface area is 178 Å². The second-order valence-corrected chi connectivity index (χ2v) is 6.15. The molecule has 0 fully saturated rings. The SMILES string of the molecule is CN=C(NCCCCC(=O)OC)N1CCc2cc(OC)c(OC)cc2C1.I. The van der Waals surface area contributed by atoms with Crippen LogP contribution in [0.15, 0.2) is 17.1 Å². The van der Waals surface area contributed by atoms with Gasteiger partial charge in [-0.05, 0) is 42.5 Å². The minimum absolute atomic E-state index is 0. The normalized spacial score (nSPS) is 13.3. The van der Waals surface area contributed by atoms with Crippen LogP contribution in [0.2, 0.25) is 0 Å². The zero-order valence-corrected chi connectivity index (χ0v) is 18.9. The van der Waals surface area contributed by atoms with Crippen molar-refractivity contribution < 1.29 is 19.0 Å². The van der Waals surface area contributed by atoms with Crippen molar-refractivity contribution in [3.63, 3.8) is 0 Å². The van der Waals surface area contributed by atoms with E-state index in [1.54, 1.807) is 21.3 Å². The van der Waals surface area contributed by atoms with Crippen LogP contribution in [0.1, 0.15) is 30.4 Å². The molecule has 7 nitrogen and oxygen atoms in total. The Hall–Kier alpha value is -1.71. The average molecular weight is 491 g/mol. The highest BCUT2D eigenvalue weighted by molar-refractivity contribution is 14.0. The van der Waals surface area contributed by atoms with Crippen LogP contribution in [0, 0.1) is 0 Å². The topological polar surface area (TPSA) is 72.4 Å². The smallest absolute Gasteiger partial charge is 0.305 e. The number of aliphatic imine (C=N–C) groups is 1. The third-order valence-electron chi connectivity index (χ3n) is 4.55. The minimum atomic E-state index is -0.161. The largest absolute Gasteiger partial charge is 0.493 e. The van der Waals surface area contributed by atoms with Crippen LogP contribution in [-0.2, 0) is 22.5 Å². The highest BCUT2D eigenvalue weighted by atomic mass is 127. The van der Waals surface area contributed by atoms with Crippen LogP contribution in [0.5, 0.6) is 11.5 Å². The molecular formula is C19H30IN3O4. The lowest BCUT2D eigenvalue weighted by molar-refractivity contribution is -0.140. The molecular weight excluding hydrogens is 461 g/mol. The molecule has 1 aromatic carbocycles. The van der Waals surface area contributed by atoms with Crippen molar-refractivity contribution in [3.8, 4) is 11.5 Å². The number of rotatable bonds is 7. The lowest BCUT2D eigenvalue weighted by Gasteiger charge is -2.32. The first-order valence-corrected chi connectivity index (χ1v) is 8.89. The molecule has 1 aromatic rings. The Morgan fingerprint density at radius 3 is 2.41 bits per heavy atom. The molecule has 1 aliphatic rings. The number of fused-ring (bicyclic) bond motifs is 1. The van der Waals surface area contributed by atoms with Crippen LogP contribution < -0.4 is 14.8 Å². The van der Waals surface area contributed by atoms with Crippen LogP contribution in [0.3, 0.4) is 0 Å². The molecule has 0 unspecified atom stereocenters. The van der Waals surface area contributed by atoms with Gasteiger partial charge in [0.25, 0.3) is 0 Å². The van der Waals surface area contributed by atoms with Crippen molar-refractivity contribution in [1.82, 2.24) is 10.2 Å². The maximum absolute atomic E-state index is 11.1. The molecule has 0 atom stereocenters. The van der Waals surface area contributed by atoms with E-state index in [2.05, 4.69) is 26.0 Å². The van der Waals surface area contributed by atoms with Gasteiger partial charge in [-0.15, -0.1) is 24.0 Å². The summed E-state index contributed by atoms with van der Waals surface area (Å²) < 4.78 is 15.5. The summed E-state index contributed by atoms with van der Waals surface area (Å²) in [5.41, 5.74) is 2.51. The van der Waals surface area contributed by atoms with E-state index >= 15 is 0 Å². The Balaban J connectivity index is 0.00000364. The number of nitrogens with one attached hydrogen (secondary N) is 1. The number of halogens is 1. The van der Waals surface area contributed by atoms with E-state index in [9.17, 15) is 4.79 Å². The summed E-state index contributed by atoms with van der Waals surface area (Å²) in [6.07, 6.45) is 3.08. The number of unbranched alkanes of at least 4 members (excludes halogenated alkanes) is 1. The molecule has 8 heteroatoms. The van der Waals surface area contributed by atoms with Crippen molar-refractivity contribution >= 4 is 35.9 Å². The maximum atomic E-state index is 11.1. The van der Waals surface area contributed by atoms with Gasteiger partial charge in [0.2, 0.25) is 0 Å². The molecule has 0 aliphatic carbocycles. The van der Waals surface area contributed by atoms with E-state index in [1.165, 1.54) is 18.2 Å². The third kappa shape index (κ3) is 6.44. The van der Waals surface area contributed by atoms with Crippen molar-refractivity contribution in [2.75, 3.05) is 41.5 Å². The van der Waals surface area contributed by atoms with E-state index < -0.39 is 0 Å². The van der Waals surface area contributed by atoms with Gasteiger partial charge >= 0.3 is 5.97 Å². The van der Waals surface area contributed by atoms with Crippen LogP contribution in [0.25, 0.3) is 0 Å². The van der Waals surface area contributed by atoms with E-state index in [0.29, 0.717) is 6.42 Å². The van der Waals surface area contributed by atoms with Crippen molar-refractivity contribution in [2.45, 2.75) is 32.2 Å². The van der Waals surface area contributed by atoms with Gasteiger partial charge in [0.1, 0.15) is 0 Å². The van der Waals surface area contributed by atoms with Gasteiger partial charge in [-0.25, -0.2) is 0 Å². The number of hydrogen-bond donors (Lipinski definition) is 1. The summed E-state index contributed by atoms with van der Waals surface area (Å²) in [7, 11) is 6.52. The highest BCUT2D eigenvalue weighted by Crippen LogP contribution is 2.33. The Kier molecular flexibility index (Phi) is 10.3. The lowest BCUT2D eigenvalue weighted by Crippen LogP contribution is -2.44. The summed E-state index contributed by atoms with van der Waals surface area (Å²) in [4.78, 5) is 17.8. The standard InChI is InChI=1S/C19H29N3O4.HI/c1-20-19(21-9-6-5-7-18(23)26-4)22-10-8-14-11-16(24-2)17(25-3)12-15(14)13-22;/h11-12H,5-10,13H2,1-4H3,(H,20,21);1H. The predicted molar refractivity (Wildman–Crippen MR) is 116 cm³/mol. The monoisotopic (exact) mass is 491 g/mol. The maximum Gasteiger partial charge on any atom is 0.305 e. The summed E-state index contributed by atoms with van der Waals surface area (Å²) >= 11 is 0. The zero-order valence-electron chi connectivity index (χ0n) is 16.5. The second kappa shape index (κ2) is 11.9. The Bertz CT molecular complexity index is 652. The number of esters is 1. The second-order valence-electron chi connectivity index (χ2n) is 6.15. The number of nitrogens with zero attached hydrogens (tertiary/aromatic N) is 2. The van der Waals surface area contributed by atoms with E-state index in [-0.39, 0.29) is 29.9 Å². The zero-order chi connectivity index (χ0) is 18.9. The number of hydrogen-bond acceptors (Lipinski definition) is 5. The van der Waals surface area contributed by atoms with Gasteiger partial charge in [0.15, 0.2) is 17.5 Å². The van der Waals surface area contributed by atoms with Crippen molar-refractivity contribution in [2.24, 2.45) is 4.99 Å². The molecule has 27 heavy (non-hydrogen) atoms. The van der Waals surface area contributed by atoms with E-state index in [0.717, 1.165) is 56.4 Å². The third-order valence-corrected chi connectivity index (χ3v) is 4.55. The molecule has 0 spiro atoms. The molecule has 1 N–H and O–H groups in total. The number of carbonyl (C=O) groups excluding carboxylic acids is 1. The number of carbonyl (C=O) groups is 1. The highest BCUT2D eigenvalue weighted by Gasteiger charge is 2.21. The molecule has 0 bridgehead atoms. The van der Waals surface area contributed by atoms with E-state index in [4.69, 9.17) is 9.47 Å². The van der Waals surface area contributed by atoms with Gasteiger partial charge in [-0.3, -0.25) is 9.79 Å². The van der Waals surface area contributed by atoms with Gasteiger partial charge < -0.3 is 24.4 Å². The summed E-state index contributed by atoms with van der Waals surface area (Å²) in [6.45, 7) is 2.45. The first-order chi connectivity index (χ1) is 12.6. The van der Waals surface area contributed by atoms with Crippen LogP contribution >= 0.6 is 24.0 Å². The number of methoxy groups -OCH3 is 3. The van der Waals surface area contributed by atoms with Gasteiger partial charge in [0, 0.05) is 33.1 Å². The molecule has 2 rings (SSSR count). The van der Waals surface area contributed by atoms with Gasteiger partial charge in [-0.2, -0.15) is 0 Å². The van der Waals surface area contributed by atoms with Crippen molar-refractivity contribution in [3.05, 3.63) is 23.3 Å². The van der Waals surface area contributed by atoms with Gasteiger partial charge in [-0.1, -0.05) is 0 Å². The molecule has 0 saturated carbocycles. The molecule has 0 radical (unpaired) electrons. The number of guanidine groups is 1. The fourth-order valence-electron chi connectivity index (χ4n) is 3.09.